The molecule has 0 bridgehead atoms. The number of nitrogens with one attached hydrogen (secondary N) is 1. The number of hydrogen-bond acceptors (Lipinski definition) is 9. The van der Waals surface area contributed by atoms with Gasteiger partial charge in [-0.05, 0) is 49.4 Å². The number of methoxy groups -OCH3 is 2. The van der Waals surface area contributed by atoms with Gasteiger partial charge in [0.15, 0.2) is 0 Å². The van der Waals surface area contributed by atoms with E-state index in [4.69, 9.17) is 19.9 Å². The summed E-state index contributed by atoms with van der Waals surface area (Å²) in [6.07, 6.45) is -5.36. The van der Waals surface area contributed by atoms with E-state index in [2.05, 4.69) is 15.3 Å². The Labute approximate surface area is 245 Å². The van der Waals surface area contributed by atoms with Crippen molar-refractivity contribution in [3.63, 3.8) is 0 Å². The van der Waals surface area contributed by atoms with Crippen molar-refractivity contribution in [1.82, 2.24) is 15.3 Å². The van der Waals surface area contributed by atoms with Crippen LogP contribution in [0.4, 0.5) is 17.6 Å². The van der Waals surface area contributed by atoms with Gasteiger partial charge in [0.2, 0.25) is 11.5 Å². The van der Waals surface area contributed by atoms with E-state index in [0.29, 0.717) is 10.2 Å². The van der Waals surface area contributed by atoms with Crippen molar-refractivity contribution >= 4 is 33.4 Å². The number of thiazole rings is 1. The first-order chi connectivity index (χ1) is 20.2. The van der Waals surface area contributed by atoms with Gasteiger partial charge in [0, 0.05) is 16.7 Å². The molecular formula is C28H24F4N4O6S. The molecule has 1 aliphatic rings. The highest BCUT2D eigenvalue weighted by Crippen LogP contribution is 2.47. The molecule has 0 saturated heterocycles. The molecule has 3 heterocycles. The third-order valence-electron chi connectivity index (χ3n) is 7.23. The molecule has 0 fully saturated rings. The summed E-state index contributed by atoms with van der Waals surface area (Å²) >= 11 is 1.09. The van der Waals surface area contributed by atoms with Crippen LogP contribution in [0.2, 0.25) is 0 Å². The molecule has 2 amide bonds. The largest absolute Gasteiger partial charge is 0.494 e. The van der Waals surface area contributed by atoms with Crippen molar-refractivity contribution in [3.8, 4) is 28.0 Å². The first-order valence-electron chi connectivity index (χ1n) is 12.6. The maximum atomic E-state index is 14.6. The van der Waals surface area contributed by atoms with Crippen molar-refractivity contribution in [1.29, 1.82) is 0 Å². The molecule has 10 nitrogen and oxygen atoms in total. The van der Waals surface area contributed by atoms with E-state index in [0.717, 1.165) is 29.5 Å². The van der Waals surface area contributed by atoms with E-state index < -0.39 is 47.1 Å². The van der Waals surface area contributed by atoms with Crippen LogP contribution in [-0.2, 0) is 15.8 Å². The van der Waals surface area contributed by atoms with Gasteiger partial charge in [-0.15, -0.1) is 0 Å². The summed E-state index contributed by atoms with van der Waals surface area (Å²) in [5, 5.41) is 13.6. The third kappa shape index (κ3) is 5.07. The number of carbonyl (C=O) groups excluding carboxylic acids is 2. The number of pyridine rings is 1. The van der Waals surface area contributed by atoms with Gasteiger partial charge in [-0.25, -0.2) is 9.37 Å². The molecule has 226 valence electrons. The SMILES string of the molecule is COc1nc2c(OC)cc(C(=O)NC[C@](O)(c3cc4c(c(-c5ccc(F)cc5)n3)OC[C@]4(C)C(N)=O)C(F)(F)F)cc2s1. The molecule has 1 aliphatic heterocycles. The fourth-order valence-corrected chi connectivity index (χ4v) is 5.44. The lowest BCUT2D eigenvalue weighted by atomic mass is 9.81. The molecule has 5 rings (SSSR count). The van der Waals surface area contributed by atoms with E-state index in [1.54, 1.807) is 0 Å². The van der Waals surface area contributed by atoms with Gasteiger partial charge in [-0.1, -0.05) is 11.3 Å². The Bertz CT molecular complexity index is 1750. The highest BCUT2D eigenvalue weighted by atomic mass is 32.1. The molecule has 0 aliphatic carbocycles. The number of aliphatic hydroxyl groups is 1. The molecule has 0 radical (unpaired) electrons. The molecule has 0 saturated carbocycles. The van der Waals surface area contributed by atoms with E-state index in [1.807, 2.05) is 0 Å². The van der Waals surface area contributed by atoms with Gasteiger partial charge < -0.3 is 30.4 Å². The molecule has 2 aromatic heterocycles. The Kier molecular flexibility index (Phi) is 7.42. The molecule has 43 heavy (non-hydrogen) atoms. The van der Waals surface area contributed by atoms with Crippen LogP contribution in [0.15, 0.2) is 42.5 Å². The molecule has 0 unspecified atom stereocenters. The van der Waals surface area contributed by atoms with Crippen LogP contribution in [-0.4, -0.2) is 60.4 Å². The Morgan fingerprint density at radius 1 is 1.14 bits per heavy atom. The Morgan fingerprint density at radius 2 is 1.84 bits per heavy atom. The van der Waals surface area contributed by atoms with Crippen molar-refractivity contribution in [2.45, 2.75) is 24.1 Å². The number of nitrogens with zero attached hydrogens (tertiary/aromatic N) is 2. The van der Waals surface area contributed by atoms with E-state index in [1.165, 1.54) is 45.4 Å². The highest BCUT2D eigenvalue weighted by Gasteiger charge is 2.57. The normalized spacial score (nSPS) is 17.6. The average Bonchev–Trinajstić information content (AvgIpc) is 3.56. The fraction of sp³-hybridized carbons (Fsp3) is 0.286. The summed E-state index contributed by atoms with van der Waals surface area (Å²) < 4.78 is 74.1. The summed E-state index contributed by atoms with van der Waals surface area (Å²) in [5.41, 5.74) is -0.408. The summed E-state index contributed by atoms with van der Waals surface area (Å²) in [4.78, 5) is 33.8. The average molecular weight is 621 g/mol. The van der Waals surface area contributed by atoms with Crippen LogP contribution >= 0.6 is 11.3 Å². The Balaban J connectivity index is 1.58. The number of benzene rings is 2. The number of nitrogens with two attached hydrogens (primary N) is 1. The summed E-state index contributed by atoms with van der Waals surface area (Å²) in [5.74, 6) is -2.31. The van der Waals surface area contributed by atoms with Crippen LogP contribution in [0.1, 0.15) is 28.5 Å². The summed E-state index contributed by atoms with van der Waals surface area (Å²) in [7, 11) is 2.74. The minimum Gasteiger partial charge on any atom is -0.494 e. The van der Waals surface area contributed by atoms with E-state index in [9.17, 15) is 32.3 Å². The van der Waals surface area contributed by atoms with Gasteiger partial charge in [0.1, 0.15) is 40.5 Å². The van der Waals surface area contributed by atoms with Crippen molar-refractivity contribution < 1.29 is 46.5 Å². The second kappa shape index (κ2) is 10.6. The summed E-state index contributed by atoms with van der Waals surface area (Å²) in [6.45, 7) is -0.277. The number of alkyl halides is 3. The predicted octanol–water partition coefficient (Wildman–Crippen LogP) is 3.83. The molecular weight excluding hydrogens is 596 g/mol. The Morgan fingerprint density at radius 3 is 2.44 bits per heavy atom. The molecule has 4 N–H and O–H groups in total. The second-order valence-electron chi connectivity index (χ2n) is 9.97. The number of rotatable bonds is 8. The Hall–Kier alpha value is -4.50. The number of fused-ring (bicyclic) bond motifs is 2. The smallest absolute Gasteiger partial charge is 0.424 e. The van der Waals surface area contributed by atoms with Gasteiger partial charge in [-0.3, -0.25) is 9.59 Å². The number of primary amides is 1. The van der Waals surface area contributed by atoms with Crippen molar-refractivity contribution in [2.24, 2.45) is 5.73 Å². The number of carbonyl (C=O) groups is 2. The van der Waals surface area contributed by atoms with Crippen LogP contribution in [0.3, 0.4) is 0 Å². The van der Waals surface area contributed by atoms with Crippen molar-refractivity contribution in [2.75, 3.05) is 27.4 Å². The minimum atomic E-state index is -5.36. The highest BCUT2D eigenvalue weighted by molar-refractivity contribution is 7.20. The first-order valence-corrected chi connectivity index (χ1v) is 13.4. The fourth-order valence-electron chi connectivity index (χ4n) is 4.60. The van der Waals surface area contributed by atoms with Crippen LogP contribution in [0.5, 0.6) is 16.7 Å². The first kappa shape index (κ1) is 30.0. The van der Waals surface area contributed by atoms with Crippen molar-refractivity contribution in [3.05, 3.63) is 65.1 Å². The number of amides is 2. The zero-order valence-corrected chi connectivity index (χ0v) is 23.7. The number of hydrogen-bond donors (Lipinski definition) is 3. The van der Waals surface area contributed by atoms with E-state index in [-0.39, 0.29) is 45.7 Å². The lowest BCUT2D eigenvalue weighted by molar-refractivity contribution is -0.265. The van der Waals surface area contributed by atoms with Crippen LogP contribution in [0.25, 0.3) is 21.5 Å². The molecule has 0 spiro atoms. The van der Waals surface area contributed by atoms with Gasteiger partial charge in [-0.2, -0.15) is 18.2 Å². The van der Waals surface area contributed by atoms with E-state index >= 15 is 0 Å². The minimum absolute atomic E-state index is 0.0365. The number of halogens is 4. The molecule has 4 aromatic rings. The predicted molar refractivity (Wildman–Crippen MR) is 147 cm³/mol. The van der Waals surface area contributed by atoms with Gasteiger partial charge >= 0.3 is 6.18 Å². The monoisotopic (exact) mass is 620 g/mol. The second-order valence-corrected chi connectivity index (χ2v) is 11.0. The molecule has 2 atom stereocenters. The zero-order valence-electron chi connectivity index (χ0n) is 22.8. The van der Waals surface area contributed by atoms with Crippen LogP contribution < -0.4 is 25.3 Å². The third-order valence-corrected chi connectivity index (χ3v) is 8.19. The standard InChI is InChI=1S/C28H24F4N4O6S/c1-26(24(33)38)12-42-22-16(26)10-19(35-20(22)13-4-6-15(29)7-5-13)27(39,28(30,31)32)11-34-23(37)14-8-17(40-2)21-18(9-14)43-25(36-21)41-3/h4-10,39H,11-12H2,1-3H3,(H2,33,38)(H,34,37)/t26-,27-/m0/s1. The maximum Gasteiger partial charge on any atom is 0.424 e. The van der Waals surface area contributed by atoms with Gasteiger partial charge in [0.25, 0.3) is 11.1 Å². The topological polar surface area (TPSA) is 146 Å². The van der Waals surface area contributed by atoms with Crippen LogP contribution in [0, 0.1) is 5.82 Å². The maximum absolute atomic E-state index is 14.6. The molecule has 15 heteroatoms. The number of aromatic nitrogens is 2. The van der Waals surface area contributed by atoms with Gasteiger partial charge in [0.05, 0.1) is 31.2 Å². The lowest BCUT2D eigenvalue weighted by Crippen LogP contribution is -2.51. The zero-order chi connectivity index (χ0) is 31.3. The summed E-state index contributed by atoms with van der Waals surface area (Å²) in [6, 6.07) is 8.24. The quantitative estimate of drug-likeness (QED) is 0.252. The lowest BCUT2D eigenvalue weighted by Gasteiger charge is -2.31. The molecule has 2 aromatic carbocycles. The number of ether oxygens (including phenoxy) is 3.